The van der Waals surface area contributed by atoms with Crippen LogP contribution in [0.4, 0.5) is 8.78 Å². The van der Waals surface area contributed by atoms with Crippen LogP contribution in [-0.2, 0) is 4.79 Å². The predicted octanol–water partition coefficient (Wildman–Crippen LogP) is 3.04. The molecule has 0 aliphatic carbocycles. The van der Waals surface area contributed by atoms with Crippen LogP contribution in [0.5, 0.6) is 5.75 Å². The molecule has 2 rings (SSSR count). The molecule has 3 nitrogen and oxygen atoms in total. The Labute approximate surface area is 114 Å². The number of benzene rings is 1. The molecule has 0 saturated carbocycles. The van der Waals surface area contributed by atoms with Crippen LogP contribution in [0, 0.1) is 11.6 Å². The number of halogens is 2. The molecule has 3 atom stereocenters. The van der Waals surface area contributed by atoms with Crippen LogP contribution < -0.4 is 4.74 Å². The number of methoxy groups -OCH3 is 1. The van der Waals surface area contributed by atoms with Crippen LogP contribution in [0.3, 0.4) is 0 Å². The molecule has 0 amide bonds. The fourth-order valence-electron chi connectivity index (χ4n) is 2.45. The second-order valence-corrected chi connectivity index (χ2v) is 6.12. The van der Waals surface area contributed by atoms with Crippen molar-refractivity contribution in [3.05, 3.63) is 29.3 Å². The summed E-state index contributed by atoms with van der Waals surface area (Å²) in [6.45, 7) is 1.92. The summed E-state index contributed by atoms with van der Waals surface area (Å²) in [5, 5.41) is 8.72. The van der Waals surface area contributed by atoms with Crippen molar-refractivity contribution >= 4 is 17.7 Å². The molecule has 0 radical (unpaired) electrons. The molecule has 0 aromatic heterocycles. The lowest BCUT2D eigenvalue weighted by molar-refractivity contribution is -0.136. The van der Waals surface area contributed by atoms with Gasteiger partial charge in [-0.3, -0.25) is 4.79 Å². The van der Waals surface area contributed by atoms with E-state index in [9.17, 15) is 18.7 Å². The fraction of sp³-hybridized carbons (Fsp3) is 0.462. The highest BCUT2D eigenvalue weighted by atomic mass is 32.2. The molecule has 1 saturated heterocycles. The SMILES string of the molecule is COc1c(C2CC(C)SC2C(=O)O)ccc(F)c1F. The number of ether oxygens (including phenoxy) is 1. The van der Waals surface area contributed by atoms with Gasteiger partial charge in [-0.05, 0) is 12.5 Å². The number of aliphatic carboxylic acids is 1. The second-order valence-electron chi connectivity index (χ2n) is 4.53. The second kappa shape index (κ2) is 5.36. The van der Waals surface area contributed by atoms with Gasteiger partial charge in [0.25, 0.3) is 0 Å². The highest BCUT2D eigenvalue weighted by Gasteiger charge is 2.40. The summed E-state index contributed by atoms with van der Waals surface area (Å²) in [5.41, 5.74) is 0.422. The van der Waals surface area contributed by atoms with Crippen molar-refractivity contribution in [1.82, 2.24) is 0 Å². The van der Waals surface area contributed by atoms with E-state index in [1.54, 1.807) is 0 Å². The third-order valence-electron chi connectivity index (χ3n) is 3.26. The molecule has 1 heterocycles. The summed E-state index contributed by atoms with van der Waals surface area (Å²) in [7, 11) is 1.25. The van der Waals surface area contributed by atoms with Gasteiger partial charge in [-0.1, -0.05) is 13.0 Å². The van der Waals surface area contributed by atoms with Gasteiger partial charge in [-0.15, -0.1) is 11.8 Å². The fourth-order valence-corrected chi connectivity index (χ4v) is 3.83. The number of carboxylic acids is 1. The molecule has 0 bridgehead atoms. The van der Waals surface area contributed by atoms with Gasteiger partial charge < -0.3 is 9.84 Å². The molecule has 6 heteroatoms. The van der Waals surface area contributed by atoms with Crippen LogP contribution in [0.15, 0.2) is 12.1 Å². The van der Waals surface area contributed by atoms with Crippen LogP contribution in [0.25, 0.3) is 0 Å². The quantitative estimate of drug-likeness (QED) is 0.928. The van der Waals surface area contributed by atoms with Gasteiger partial charge >= 0.3 is 5.97 Å². The van der Waals surface area contributed by atoms with E-state index in [0.717, 1.165) is 6.07 Å². The van der Waals surface area contributed by atoms with E-state index in [4.69, 9.17) is 4.74 Å². The first-order valence-electron chi connectivity index (χ1n) is 5.85. The summed E-state index contributed by atoms with van der Waals surface area (Å²) in [6, 6.07) is 2.43. The standard InChI is InChI=1S/C13H14F2O3S/c1-6-5-8(12(19-6)13(16)17)7-3-4-9(14)10(15)11(7)18-2/h3-4,6,8,12H,5H2,1-2H3,(H,16,17). The van der Waals surface area contributed by atoms with Crippen molar-refractivity contribution in [2.45, 2.75) is 29.8 Å². The van der Waals surface area contributed by atoms with E-state index in [1.165, 1.54) is 24.9 Å². The molecule has 1 aliphatic rings. The maximum Gasteiger partial charge on any atom is 0.317 e. The van der Waals surface area contributed by atoms with Crippen molar-refractivity contribution in [1.29, 1.82) is 0 Å². The van der Waals surface area contributed by atoms with Gasteiger partial charge in [0.2, 0.25) is 5.82 Å². The Kier molecular flexibility index (Phi) is 3.99. The Bertz CT molecular complexity index is 507. The van der Waals surface area contributed by atoms with E-state index < -0.39 is 22.9 Å². The first-order valence-corrected chi connectivity index (χ1v) is 6.80. The minimum atomic E-state index is -1.06. The maximum absolute atomic E-state index is 13.7. The van der Waals surface area contributed by atoms with E-state index in [1.807, 2.05) is 6.92 Å². The largest absolute Gasteiger partial charge is 0.493 e. The monoisotopic (exact) mass is 288 g/mol. The summed E-state index contributed by atoms with van der Waals surface area (Å²) in [6.07, 6.45) is 0.600. The number of hydrogen-bond acceptors (Lipinski definition) is 3. The molecule has 19 heavy (non-hydrogen) atoms. The van der Waals surface area contributed by atoms with E-state index >= 15 is 0 Å². The average Bonchev–Trinajstić information content (AvgIpc) is 2.74. The van der Waals surface area contributed by atoms with Gasteiger partial charge in [-0.25, -0.2) is 4.39 Å². The number of hydrogen-bond donors (Lipinski definition) is 1. The summed E-state index contributed by atoms with van der Waals surface area (Å²) >= 11 is 1.33. The molecule has 1 aromatic carbocycles. The van der Waals surface area contributed by atoms with Gasteiger partial charge in [0.05, 0.1) is 7.11 Å². The van der Waals surface area contributed by atoms with E-state index in [0.29, 0.717) is 12.0 Å². The zero-order valence-electron chi connectivity index (χ0n) is 10.5. The third kappa shape index (κ3) is 2.54. The number of thioether (sulfide) groups is 1. The highest BCUT2D eigenvalue weighted by Crippen LogP contribution is 2.47. The van der Waals surface area contributed by atoms with Crippen molar-refractivity contribution < 1.29 is 23.4 Å². The number of carboxylic acid groups (broad SMARTS) is 1. The lowest BCUT2D eigenvalue weighted by Gasteiger charge is -2.18. The highest BCUT2D eigenvalue weighted by molar-refractivity contribution is 8.01. The molecule has 104 valence electrons. The third-order valence-corrected chi connectivity index (χ3v) is 4.74. The Morgan fingerprint density at radius 1 is 1.47 bits per heavy atom. The lowest BCUT2D eigenvalue weighted by atomic mass is 9.90. The minimum Gasteiger partial charge on any atom is -0.493 e. The molecule has 3 unspecified atom stereocenters. The smallest absolute Gasteiger partial charge is 0.317 e. The van der Waals surface area contributed by atoms with Crippen LogP contribution in [0.1, 0.15) is 24.8 Å². The van der Waals surface area contributed by atoms with E-state index in [2.05, 4.69) is 0 Å². The Hall–Kier alpha value is -1.30. The van der Waals surface area contributed by atoms with Crippen LogP contribution >= 0.6 is 11.8 Å². The normalized spacial score (nSPS) is 26.4. The first-order chi connectivity index (χ1) is 8.95. The van der Waals surface area contributed by atoms with Crippen molar-refractivity contribution in [3.8, 4) is 5.75 Å². The Morgan fingerprint density at radius 3 is 2.74 bits per heavy atom. The van der Waals surface area contributed by atoms with Crippen molar-refractivity contribution in [3.63, 3.8) is 0 Å². The zero-order chi connectivity index (χ0) is 14.2. The first kappa shape index (κ1) is 14.1. The van der Waals surface area contributed by atoms with Crippen LogP contribution in [-0.4, -0.2) is 28.7 Å². The lowest BCUT2D eigenvalue weighted by Crippen LogP contribution is -2.21. The Morgan fingerprint density at radius 2 is 2.16 bits per heavy atom. The molecule has 1 N–H and O–H groups in total. The maximum atomic E-state index is 13.7. The number of carbonyl (C=O) groups is 1. The summed E-state index contributed by atoms with van der Waals surface area (Å²) < 4.78 is 31.8. The molecule has 0 spiro atoms. The molecular weight excluding hydrogens is 274 g/mol. The van der Waals surface area contributed by atoms with Crippen molar-refractivity contribution in [2.24, 2.45) is 0 Å². The van der Waals surface area contributed by atoms with E-state index in [-0.39, 0.29) is 16.9 Å². The molecule has 1 aliphatic heterocycles. The molecular formula is C13H14F2O3S. The van der Waals surface area contributed by atoms with Gasteiger partial charge in [0.15, 0.2) is 11.6 Å². The Balaban J connectivity index is 2.46. The number of rotatable bonds is 3. The summed E-state index contributed by atoms with van der Waals surface area (Å²) in [4.78, 5) is 11.3. The van der Waals surface area contributed by atoms with Crippen LogP contribution in [0.2, 0.25) is 0 Å². The van der Waals surface area contributed by atoms with Gasteiger partial charge in [-0.2, -0.15) is 4.39 Å². The average molecular weight is 288 g/mol. The molecule has 1 fully saturated rings. The summed E-state index contributed by atoms with van der Waals surface area (Å²) in [5.74, 6) is -3.56. The van der Waals surface area contributed by atoms with Gasteiger partial charge in [0.1, 0.15) is 5.25 Å². The molecule has 1 aromatic rings. The minimum absolute atomic E-state index is 0.156. The topological polar surface area (TPSA) is 46.5 Å². The zero-order valence-corrected chi connectivity index (χ0v) is 11.3. The van der Waals surface area contributed by atoms with Crippen molar-refractivity contribution in [2.75, 3.05) is 7.11 Å². The predicted molar refractivity (Wildman–Crippen MR) is 68.7 cm³/mol. The van der Waals surface area contributed by atoms with Gasteiger partial charge in [0, 0.05) is 16.7 Å².